The van der Waals surface area contributed by atoms with Crippen LogP contribution in [0.4, 0.5) is 15.4 Å². The molecule has 2 rings (SSSR count). The topological polar surface area (TPSA) is 132 Å². The minimum atomic E-state index is -0.885. The number of nitrogens with zero attached hydrogens (tertiary/aromatic N) is 3. The number of ether oxygens (including phenoxy) is 2. The zero-order chi connectivity index (χ0) is 23.7. The SMILES string of the molecule is CCN(CC(=O)n1ccc(NC(=O)OCc2ccccc2)nc1=O)NC(=O)OC(C)(C)C. The number of anilines is 1. The molecule has 172 valence electrons. The van der Waals surface area contributed by atoms with Gasteiger partial charge >= 0.3 is 17.9 Å². The van der Waals surface area contributed by atoms with Crippen LogP contribution < -0.4 is 16.4 Å². The maximum Gasteiger partial charge on any atom is 0.422 e. The van der Waals surface area contributed by atoms with Gasteiger partial charge < -0.3 is 9.47 Å². The Hall–Kier alpha value is -3.73. The molecule has 2 aromatic rings. The molecule has 0 fully saturated rings. The van der Waals surface area contributed by atoms with E-state index in [0.29, 0.717) is 6.54 Å². The van der Waals surface area contributed by atoms with Crippen molar-refractivity contribution < 1.29 is 23.9 Å². The van der Waals surface area contributed by atoms with E-state index in [2.05, 4.69) is 15.7 Å². The molecule has 0 radical (unpaired) electrons. The normalized spacial score (nSPS) is 11.0. The van der Waals surface area contributed by atoms with Crippen LogP contribution in [0.2, 0.25) is 0 Å². The summed E-state index contributed by atoms with van der Waals surface area (Å²) in [6, 6.07) is 10.4. The van der Waals surface area contributed by atoms with E-state index < -0.39 is 29.4 Å². The van der Waals surface area contributed by atoms with Gasteiger partial charge in [0.05, 0.1) is 6.54 Å². The Morgan fingerprint density at radius 2 is 1.78 bits per heavy atom. The van der Waals surface area contributed by atoms with Crippen molar-refractivity contribution >= 4 is 23.9 Å². The van der Waals surface area contributed by atoms with Crippen molar-refractivity contribution in [2.24, 2.45) is 0 Å². The van der Waals surface area contributed by atoms with Gasteiger partial charge in [-0.15, -0.1) is 0 Å². The molecule has 0 saturated carbocycles. The summed E-state index contributed by atoms with van der Waals surface area (Å²) < 4.78 is 11.0. The van der Waals surface area contributed by atoms with Crippen molar-refractivity contribution in [3.63, 3.8) is 0 Å². The number of benzene rings is 1. The predicted molar refractivity (Wildman–Crippen MR) is 116 cm³/mol. The van der Waals surface area contributed by atoms with Gasteiger partial charge in [-0.25, -0.2) is 24.0 Å². The van der Waals surface area contributed by atoms with Gasteiger partial charge in [-0.1, -0.05) is 37.3 Å². The average Bonchev–Trinajstić information content (AvgIpc) is 2.71. The van der Waals surface area contributed by atoms with Crippen LogP contribution in [0.3, 0.4) is 0 Å². The van der Waals surface area contributed by atoms with Crippen LogP contribution in [0.15, 0.2) is 47.4 Å². The van der Waals surface area contributed by atoms with E-state index in [1.54, 1.807) is 39.8 Å². The van der Waals surface area contributed by atoms with E-state index in [4.69, 9.17) is 9.47 Å². The summed E-state index contributed by atoms with van der Waals surface area (Å²) in [5.41, 5.74) is 1.67. The Morgan fingerprint density at radius 3 is 2.38 bits per heavy atom. The van der Waals surface area contributed by atoms with Crippen molar-refractivity contribution in [2.75, 3.05) is 18.4 Å². The largest absolute Gasteiger partial charge is 0.444 e. The highest BCUT2D eigenvalue weighted by Crippen LogP contribution is 2.07. The number of amides is 2. The van der Waals surface area contributed by atoms with Crippen LogP contribution in [-0.4, -0.2) is 51.3 Å². The third kappa shape index (κ3) is 8.19. The summed E-state index contributed by atoms with van der Waals surface area (Å²) in [6.07, 6.45) is -0.319. The molecule has 0 aliphatic rings. The molecule has 0 bridgehead atoms. The Morgan fingerprint density at radius 1 is 1.09 bits per heavy atom. The van der Waals surface area contributed by atoms with Gasteiger partial charge in [-0.2, -0.15) is 4.98 Å². The number of rotatable bonds is 7. The van der Waals surface area contributed by atoms with Gasteiger partial charge in [0, 0.05) is 12.7 Å². The first-order valence-corrected chi connectivity index (χ1v) is 9.92. The quantitative estimate of drug-likeness (QED) is 0.621. The van der Waals surface area contributed by atoms with E-state index in [1.807, 2.05) is 18.2 Å². The van der Waals surface area contributed by atoms with Crippen LogP contribution in [0, 0.1) is 0 Å². The standard InChI is InChI=1S/C21H27N5O6/c1-5-25(24-20(30)32-21(2,3)4)13-17(27)26-12-11-16(22-18(26)28)23-19(29)31-14-15-9-7-6-8-10-15/h6-12H,5,13-14H2,1-4H3,(H,24,30)(H,22,23,28,29). The molecular weight excluding hydrogens is 418 g/mol. The van der Waals surface area contributed by atoms with Crippen molar-refractivity contribution in [3.8, 4) is 0 Å². The van der Waals surface area contributed by atoms with Crippen LogP contribution in [0.25, 0.3) is 0 Å². The number of hydrogen-bond acceptors (Lipinski definition) is 8. The van der Waals surface area contributed by atoms with Crippen LogP contribution in [-0.2, 0) is 16.1 Å². The third-order valence-electron chi connectivity index (χ3n) is 3.87. The smallest absolute Gasteiger partial charge is 0.422 e. The Bertz CT molecular complexity index is 1000. The summed E-state index contributed by atoms with van der Waals surface area (Å²) in [6.45, 7) is 6.92. The molecule has 0 aliphatic heterocycles. The van der Waals surface area contributed by atoms with E-state index in [0.717, 1.165) is 10.1 Å². The highest BCUT2D eigenvalue weighted by molar-refractivity contribution is 5.84. The summed E-state index contributed by atoms with van der Waals surface area (Å²) in [5.74, 6) is -0.685. The number of aromatic nitrogens is 2. The van der Waals surface area contributed by atoms with Gasteiger partial charge in [-0.05, 0) is 32.4 Å². The Balaban J connectivity index is 1.93. The number of carbonyl (C=O) groups is 3. The lowest BCUT2D eigenvalue weighted by Gasteiger charge is -2.24. The highest BCUT2D eigenvalue weighted by Gasteiger charge is 2.20. The zero-order valence-corrected chi connectivity index (χ0v) is 18.5. The molecule has 0 aliphatic carbocycles. The molecular formula is C21H27N5O6. The lowest BCUT2D eigenvalue weighted by Crippen LogP contribution is -2.48. The van der Waals surface area contributed by atoms with Gasteiger partial charge in [0.15, 0.2) is 0 Å². The highest BCUT2D eigenvalue weighted by atomic mass is 16.6. The van der Waals surface area contributed by atoms with Gasteiger partial charge in [-0.3, -0.25) is 15.5 Å². The molecule has 32 heavy (non-hydrogen) atoms. The molecule has 2 N–H and O–H groups in total. The summed E-state index contributed by atoms with van der Waals surface area (Å²) in [4.78, 5) is 52.2. The summed E-state index contributed by atoms with van der Waals surface area (Å²) in [5, 5.41) is 3.64. The molecule has 1 heterocycles. The van der Waals surface area contributed by atoms with Gasteiger partial charge in [0.1, 0.15) is 18.0 Å². The van der Waals surface area contributed by atoms with E-state index in [1.165, 1.54) is 17.3 Å². The maximum atomic E-state index is 12.5. The Kier molecular flexibility index (Phi) is 8.47. The van der Waals surface area contributed by atoms with Crippen molar-refractivity contribution in [1.29, 1.82) is 0 Å². The minimum absolute atomic E-state index is 0.0553. The first-order chi connectivity index (χ1) is 15.1. The predicted octanol–water partition coefficient (Wildman–Crippen LogP) is 2.39. The molecule has 0 atom stereocenters. The fourth-order valence-electron chi connectivity index (χ4n) is 2.43. The number of hydrogen-bond donors (Lipinski definition) is 2. The first-order valence-electron chi connectivity index (χ1n) is 9.92. The lowest BCUT2D eigenvalue weighted by molar-refractivity contribution is 0.0331. The van der Waals surface area contributed by atoms with Crippen molar-refractivity contribution in [2.45, 2.75) is 39.9 Å². The minimum Gasteiger partial charge on any atom is -0.444 e. The fraction of sp³-hybridized carbons (Fsp3) is 0.381. The van der Waals surface area contributed by atoms with E-state index in [9.17, 15) is 19.2 Å². The summed E-state index contributed by atoms with van der Waals surface area (Å²) >= 11 is 0. The second kappa shape index (κ2) is 11.0. The van der Waals surface area contributed by atoms with Crippen LogP contribution in [0.5, 0.6) is 0 Å². The second-order valence-electron chi connectivity index (χ2n) is 7.67. The molecule has 1 aromatic heterocycles. The second-order valence-corrected chi connectivity index (χ2v) is 7.67. The number of nitrogens with one attached hydrogen (secondary N) is 2. The molecule has 0 saturated heterocycles. The Labute approximate surface area is 185 Å². The molecule has 11 nitrogen and oxygen atoms in total. The third-order valence-corrected chi connectivity index (χ3v) is 3.87. The van der Waals surface area contributed by atoms with Crippen LogP contribution >= 0.6 is 0 Å². The van der Waals surface area contributed by atoms with Crippen molar-refractivity contribution in [3.05, 3.63) is 58.6 Å². The van der Waals surface area contributed by atoms with Gasteiger partial charge in [0.2, 0.25) is 0 Å². The summed E-state index contributed by atoms with van der Waals surface area (Å²) in [7, 11) is 0. The molecule has 2 amide bonds. The molecule has 1 aromatic carbocycles. The number of likely N-dealkylation sites (N-methyl/N-ethyl adjacent to an activating group) is 1. The molecule has 0 unspecified atom stereocenters. The monoisotopic (exact) mass is 445 g/mol. The molecule has 0 spiro atoms. The number of hydrazine groups is 1. The zero-order valence-electron chi connectivity index (χ0n) is 18.5. The van der Waals surface area contributed by atoms with Gasteiger partial charge in [0.25, 0.3) is 5.91 Å². The lowest BCUT2D eigenvalue weighted by atomic mass is 10.2. The average molecular weight is 445 g/mol. The maximum absolute atomic E-state index is 12.5. The molecule has 11 heteroatoms. The van der Waals surface area contributed by atoms with E-state index in [-0.39, 0.29) is 19.0 Å². The van der Waals surface area contributed by atoms with E-state index >= 15 is 0 Å². The first kappa shape index (κ1) is 24.5. The van der Waals surface area contributed by atoms with Crippen molar-refractivity contribution in [1.82, 2.24) is 20.0 Å². The number of carbonyl (C=O) groups excluding carboxylic acids is 3. The fourth-order valence-corrected chi connectivity index (χ4v) is 2.43. The van der Waals surface area contributed by atoms with Crippen LogP contribution in [0.1, 0.15) is 38.1 Å².